The van der Waals surface area contributed by atoms with Crippen LogP contribution in [0.5, 0.6) is 0 Å². The van der Waals surface area contributed by atoms with Crippen LogP contribution in [0.4, 0.5) is 0 Å². The molecule has 0 aromatic heterocycles. The van der Waals surface area contributed by atoms with Crippen molar-refractivity contribution in [3.05, 3.63) is 12.2 Å². The van der Waals surface area contributed by atoms with Gasteiger partial charge in [0.1, 0.15) is 12.4 Å². The number of rotatable bonds is 8. The van der Waals surface area contributed by atoms with Gasteiger partial charge in [-0.25, -0.2) is 0 Å². The van der Waals surface area contributed by atoms with Gasteiger partial charge >= 0.3 is 0 Å². The van der Waals surface area contributed by atoms with Crippen LogP contribution in [-0.4, -0.2) is 28.7 Å². The van der Waals surface area contributed by atoms with Crippen molar-refractivity contribution in [2.75, 3.05) is 0 Å². The van der Waals surface area contributed by atoms with E-state index in [1.165, 1.54) is 19.3 Å². The average Bonchev–Trinajstić information content (AvgIpc) is 2.75. The molecule has 0 spiro atoms. The molecule has 0 aliphatic heterocycles. The topological polar surface area (TPSA) is 57.5 Å². The minimum absolute atomic E-state index is 0.385. The molecular formula is C15H26O3. The monoisotopic (exact) mass is 254 g/mol. The summed E-state index contributed by atoms with van der Waals surface area (Å²) < 4.78 is 0. The van der Waals surface area contributed by atoms with Crippen LogP contribution in [0, 0.1) is 5.41 Å². The highest BCUT2D eigenvalue weighted by Crippen LogP contribution is 2.42. The van der Waals surface area contributed by atoms with E-state index in [-0.39, 0.29) is 6.10 Å². The van der Waals surface area contributed by atoms with E-state index in [1.807, 2.05) is 6.08 Å². The minimum atomic E-state index is -0.985. The van der Waals surface area contributed by atoms with Gasteiger partial charge in [0.05, 0.1) is 6.10 Å². The van der Waals surface area contributed by atoms with Crippen molar-refractivity contribution >= 4 is 6.29 Å². The van der Waals surface area contributed by atoms with E-state index in [4.69, 9.17) is 0 Å². The van der Waals surface area contributed by atoms with Gasteiger partial charge in [-0.3, -0.25) is 0 Å². The predicted molar refractivity (Wildman–Crippen MR) is 72.3 cm³/mol. The van der Waals surface area contributed by atoms with Gasteiger partial charge in [0.25, 0.3) is 0 Å². The lowest BCUT2D eigenvalue weighted by Crippen LogP contribution is -2.32. The van der Waals surface area contributed by atoms with Gasteiger partial charge in [0, 0.05) is 5.41 Å². The largest absolute Gasteiger partial charge is 0.393 e. The number of unbranched alkanes of at least 4 members (excludes halogenated alkanes) is 4. The maximum Gasteiger partial charge on any atom is 0.149 e. The quantitative estimate of drug-likeness (QED) is 0.398. The second-order valence-corrected chi connectivity index (χ2v) is 5.46. The van der Waals surface area contributed by atoms with Crippen molar-refractivity contribution in [2.45, 2.75) is 70.5 Å². The van der Waals surface area contributed by atoms with E-state index in [1.54, 1.807) is 0 Å². The zero-order valence-corrected chi connectivity index (χ0v) is 11.3. The summed E-state index contributed by atoms with van der Waals surface area (Å²) in [5.41, 5.74) is -0.522. The lowest BCUT2D eigenvalue weighted by molar-refractivity contribution is -0.119. The van der Waals surface area contributed by atoms with Crippen molar-refractivity contribution in [3.63, 3.8) is 0 Å². The first-order valence-corrected chi connectivity index (χ1v) is 7.14. The molecule has 0 heterocycles. The molecule has 3 heteroatoms. The fraction of sp³-hybridized carbons (Fsp3) is 0.800. The van der Waals surface area contributed by atoms with Crippen molar-refractivity contribution in [1.29, 1.82) is 0 Å². The molecule has 2 unspecified atom stereocenters. The lowest BCUT2D eigenvalue weighted by atomic mass is 9.80. The standard InChI is InChI=1S/C15H26O3/c1-2-3-4-5-6-7-9-15(14(18)12-16)10-8-13(17)11-15/h7,9,12-14,17-18H,2-6,8,10-11H2,1H3/b9-7+/t13-,14?,15?/m0/s1. The summed E-state index contributed by atoms with van der Waals surface area (Å²) in [6.07, 6.45) is 11.0. The van der Waals surface area contributed by atoms with Gasteiger partial charge in [-0.05, 0) is 32.1 Å². The van der Waals surface area contributed by atoms with Crippen LogP contribution in [-0.2, 0) is 4.79 Å². The van der Waals surface area contributed by atoms with Gasteiger partial charge in [-0.1, -0.05) is 38.3 Å². The van der Waals surface area contributed by atoms with Crippen molar-refractivity contribution in [1.82, 2.24) is 0 Å². The number of aldehydes is 1. The molecule has 1 aliphatic rings. The number of carbonyl (C=O) groups excluding carboxylic acids is 1. The average molecular weight is 254 g/mol. The van der Waals surface area contributed by atoms with Crippen LogP contribution in [0.15, 0.2) is 12.2 Å². The molecule has 1 fully saturated rings. The number of hydrogen-bond donors (Lipinski definition) is 2. The molecule has 0 aromatic carbocycles. The highest BCUT2D eigenvalue weighted by molar-refractivity contribution is 5.58. The molecule has 0 bridgehead atoms. The molecule has 1 saturated carbocycles. The molecule has 0 amide bonds. The Morgan fingerprint density at radius 1 is 1.39 bits per heavy atom. The third-order valence-electron chi connectivity index (χ3n) is 3.95. The highest BCUT2D eigenvalue weighted by Gasteiger charge is 2.42. The number of aliphatic hydroxyl groups is 2. The normalized spacial score (nSPS) is 29.8. The van der Waals surface area contributed by atoms with Crippen LogP contribution in [0.25, 0.3) is 0 Å². The summed E-state index contributed by atoms with van der Waals surface area (Å²) in [4.78, 5) is 10.8. The van der Waals surface area contributed by atoms with Crippen molar-refractivity contribution in [2.24, 2.45) is 5.41 Å². The van der Waals surface area contributed by atoms with Gasteiger partial charge < -0.3 is 15.0 Å². The maximum absolute atomic E-state index is 10.8. The molecule has 18 heavy (non-hydrogen) atoms. The van der Waals surface area contributed by atoms with E-state index in [0.717, 1.165) is 12.8 Å². The van der Waals surface area contributed by atoms with E-state index < -0.39 is 11.5 Å². The highest BCUT2D eigenvalue weighted by atomic mass is 16.3. The van der Waals surface area contributed by atoms with E-state index in [2.05, 4.69) is 13.0 Å². The second kappa shape index (κ2) is 7.70. The van der Waals surface area contributed by atoms with Gasteiger partial charge in [0.2, 0.25) is 0 Å². The first kappa shape index (κ1) is 15.4. The third-order valence-corrected chi connectivity index (χ3v) is 3.95. The van der Waals surface area contributed by atoms with Gasteiger partial charge in [-0.15, -0.1) is 0 Å². The summed E-state index contributed by atoms with van der Waals surface area (Å²) in [6, 6.07) is 0. The molecule has 0 radical (unpaired) electrons. The molecule has 1 aliphatic carbocycles. The minimum Gasteiger partial charge on any atom is -0.393 e. The Morgan fingerprint density at radius 3 is 2.72 bits per heavy atom. The van der Waals surface area contributed by atoms with Crippen LogP contribution in [0.1, 0.15) is 58.3 Å². The van der Waals surface area contributed by atoms with Crippen LogP contribution >= 0.6 is 0 Å². The molecule has 0 saturated heterocycles. The van der Waals surface area contributed by atoms with Gasteiger partial charge in [0.15, 0.2) is 0 Å². The third kappa shape index (κ3) is 4.21. The Kier molecular flexibility index (Phi) is 6.58. The van der Waals surface area contributed by atoms with E-state index in [9.17, 15) is 15.0 Å². The van der Waals surface area contributed by atoms with E-state index in [0.29, 0.717) is 25.5 Å². The molecule has 0 aromatic rings. The SMILES string of the molecule is CCCCCC/C=C/C1(C(O)C=O)CC[C@H](O)C1. The lowest BCUT2D eigenvalue weighted by Gasteiger charge is -2.27. The number of hydrogen-bond acceptors (Lipinski definition) is 3. The fourth-order valence-electron chi connectivity index (χ4n) is 2.74. The Balaban J connectivity index is 2.47. The molecule has 104 valence electrons. The molecule has 2 N–H and O–H groups in total. The Labute approximate surface area is 110 Å². The van der Waals surface area contributed by atoms with Crippen molar-refractivity contribution < 1.29 is 15.0 Å². The number of allylic oxidation sites excluding steroid dienone is 1. The first-order valence-electron chi connectivity index (χ1n) is 7.14. The second-order valence-electron chi connectivity index (χ2n) is 5.46. The molecule has 3 atom stereocenters. The Hall–Kier alpha value is -0.670. The number of aliphatic hydroxyl groups excluding tert-OH is 2. The summed E-state index contributed by atoms with van der Waals surface area (Å²) in [5, 5.41) is 19.5. The molecular weight excluding hydrogens is 228 g/mol. The zero-order chi connectivity index (χ0) is 13.4. The van der Waals surface area contributed by atoms with Crippen LogP contribution in [0.2, 0.25) is 0 Å². The maximum atomic E-state index is 10.8. The van der Waals surface area contributed by atoms with Crippen molar-refractivity contribution in [3.8, 4) is 0 Å². The molecule has 1 rings (SSSR count). The molecule has 3 nitrogen and oxygen atoms in total. The summed E-state index contributed by atoms with van der Waals surface area (Å²) in [5.74, 6) is 0. The van der Waals surface area contributed by atoms with Crippen LogP contribution in [0.3, 0.4) is 0 Å². The Morgan fingerprint density at radius 2 is 2.17 bits per heavy atom. The fourth-order valence-corrected chi connectivity index (χ4v) is 2.74. The summed E-state index contributed by atoms with van der Waals surface area (Å²) >= 11 is 0. The first-order chi connectivity index (χ1) is 8.64. The number of carbonyl (C=O) groups is 1. The Bertz CT molecular complexity index is 275. The summed E-state index contributed by atoms with van der Waals surface area (Å²) in [6.45, 7) is 2.19. The zero-order valence-electron chi connectivity index (χ0n) is 11.3. The van der Waals surface area contributed by atoms with Crippen LogP contribution < -0.4 is 0 Å². The summed E-state index contributed by atoms with van der Waals surface area (Å²) in [7, 11) is 0. The smallest absolute Gasteiger partial charge is 0.149 e. The van der Waals surface area contributed by atoms with Gasteiger partial charge in [-0.2, -0.15) is 0 Å². The van der Waals surface area contributed by atoms with E-state index >= 15 is 0 Å². The predicted octanol–water partition coefficient (Wildman–Crippen LogP) is 2.60.